The molecule has 2 rings (SSSR count). The van der Waals surface area contributed by atoms with Gasteiger partial charge in [0.1, 0.15) is 0 Å². The van der Waals surface area contributed by atoms with Crippen LogP contribution < -0.4 is 10.6 Å². The van der Waals surface area contributed by atoms with Gasteiger partial charge in [0.25, 0.3) is 0 Å². The lowest BCUT2D eigenvalue weighted by Gasteiger charge is -2.42. The Morgan fingerprint density at radius 3 is 2.79 bits per heavy atom. The monoisotopic (exact) mass is 196 g/mol. The number of rotatable bonds is 3. The van der Waals surface area contributed by atoms with Crippen LogP contribution in [-0.2, 0) is 4.79 Å². The summed E-state index contributed by atoms with van der Waals surface area (Å²) in [5.41, 5.74) is 0.166. The maximum Gasteiger partial charge on any atom is 0.224 e. The van der Waals surface area contributed by atoms with Crippen molar-refractivity contribution in [1.29, 1.82) is 0 Å². The van der Waals surface area contributed by atoms with E-state index in [1.54, 1.807) is 0 Å². The number of carbonyl (C=O) groups excluding carboxylic acids is 1. The van der Waals surface area contributed by atoms with Crippen molar-refractivity contribution >= 4 is 5.91 Å². The molecule has 80 valence electrons. The van der Waals surface area contributed by atoms with E-state index in [0.717, 1.165) is 25.9 Å². The van der Waals surface area contributed by atoms with Crippen molar-refractivity contribution in [2.24, 2.45) is 5.92 Å². The summed E-state index contributed by atoms with van der Waals surface area (Å²) in [5, 5.41) is 6.47. The Morgan fingerprint density at radius 1 is 1.57 bits per heavy atom. The average molecular weight is 196 g/mol. The van der Waals surface area contributed by atoms with Crippen LogP contribution in [-0.4, -0.2) is 24.5 Å². The number of amides is 1. The van der Waals surface area contributed by atoms with Gasteiger partial charge in [0.05, 0.1) is 5.92 Å². The SMILES string of the molecule is CCC1(NC(=O)C2CCNC2)CCC1. The maximum atomic E-state index is 11.9. The van der Waals surface area contributed by atoms with E-state index in [1.165, 1.54) is 19.3 Å². The van der Waals surface area contributed by atoms with E-state index < -0.39 is 0 Å². The van der Waals surface area contributed by atoms with Gasteiger partial charge in [0.15, 0.2) is 0 Å². The Morgan fingerprint density at radius 2 is 2.36 bits per heavy atom. The lowest BCUT2D eigenvalue weighted by Crippen LogP contribution is -2.54. The molecule has 1 amide bonds. The van der Waals surface area contributed by atoms with Gasteiger partial charge in [0.2, 0.25) is 5.91 Å². The number of hydrogen-bond acceptors (Lipinski definition) is 2. The largest absolute Gasteiger partial charge is 0.350 e. The molecule has 1 aliphatic heterocycles. The van der Waals surface area contributed by atoms with Gasteiger partial charge in [-0.15, -0.1) is 0 Å². The maximum absolute atomic E-state index is 11.9. The Bertz CT molecular complexity index is 212. The second-order valence-electron chi connectivity index (χ2n) is 4.67. The smallest absolute Gasteiger partial charge is 0.224 e. The summed E-state index contributed by atoms with van der Waals surface area (Å²) < 4.78 is 0. The first-order chi connectivity index (χ1) is 6.76. The van der Waals surface area contributed by atoms with Gasteiger partial charge in [0, 0.05) is 12.1 Å². The van der Waals surface area contributed by atoms with Crippen LogP contribution in [0.15, 0.2) is 0 Å². The summed E-state index contributed by atoms with van der Waals surface area (Å²) in [4.78, 5) is 11.9. The molecular formula is C11H20N2O. The van der Waals surface area contributed by atoms with E-state index in [0.29, 0.717) is 0 Å². The van der Waals surface area contributed by atoms with Crippen LogP contribution in [0.5, 0.6) is 0 Å². The van der Waals surface area contributed by atoms with E-state index in [4.69, 9.17) is 0 Å². The Kier molecular flexibility index (Phi) is 2.77. The first-order valence-electron chi connectivity index (χ1n) is 5.78. The quantitative estimate of drug-likeness (QED) is 0.708. The fourth-order valence-electron chi connectivity index (χ4n) is 2.41. The first-order valence-corrected chi connectivity index (χ1v) is 5.78. The van der Waals surface area contributed by atoms with Gasteiger partial charge in [-0.2, -0.15) is 0 Å². The summed E-state index contributed by atoms with van der Waals surface area (Å²) in [7, 11) is 0. The van der Waals surface area contributed by atoms with Crippen molar-refractivity contribution in [2.75, 3.05) is 13.1 Å². The lowest BCUT2D eigenvalue weighted by atomic mass is 9.74. The number of hydrogen-bond donors (Lipinski definition) is 2. The Hall–Kier alpha value is -0.570. The molecule has 1 aliphatic carbocycles. The molecule has 2 aliphatic rings. The third kappa shape index (κ3) is 1.78. The normalized spacial score (nSPS) is 29.6. The standard InChI is InChI=1S/C11H20N2O/c1-2-11(5-3-6-11)13-10(14)9-4-7-12-8-9/h9,12H,2-8H2,1H3,(H,13,14). The summed E-state index contributed by atoms with van der Waals surface area (Å²) in [6.07, 6.45) is 5.71. The highest BCUT2D eigenvalue weighted by Gasteiger charge is 2.38. The molecular weight excluding hydrogens is 176 g/mol. The van der Waals surface area contributed by atoms with Crippen molar-refractivity contribution < 1.29 is 4.79 Å². The fourth-order valence-corrected chi connectivity index (χ4v) is 2.41. The number of carbonyl (C=O) groups is 1. The molecule has 1 saturated carbocycles. The molecule has 0 aromatic heterocycles. The average Bonchev–Trinajstić information content (AvgIpc) is 2.63. The molecule has 2 N–H and O–H groups in total. The predicted octanol–water partition coefficient (Wildman–Crippen LogP) is 1.04. The molecule has 0 aromatic carbocycles. The van der Waals surface area contributed by atoms with E-state index >= 15 is 0 Å². The minimum Gasteiger partial charge on any atom is -0.350 e. The summed E-state index contributed by atoms with van der Waals surface area (Å²) >= 11 is 0. The van der Waals surface area contributed by atoms with Crippen molar-refractivity contribution in [1.82, 2.24) is 10.6 Å². The van der Waals surface area contributed by atoms with Crippen LogP contribution in [0, 0.1) is 5.92 Å². The molecule has 1 heterocycles. The topological polar surface area (TPSA) is 41.1 Å². The zero-order chi connectivity index (χ0) is 10.0. The van der Waals surface area contributed by atoms with E-state index in [2.05, 4.69) is 17.6 Å². The van der Waals surface area contributed by atoms with Gasteiger partial charge in [-0.05, 0) is 38.6 Å². The highest BCUT2D eigenvalue weighted by Crippen LogP contribution is 2.34. The first kappa shape index (κ1) is 9.97. The van der Waals surface area contributed by atoms with E-state index in [9.17, 15) is 4.79 Å². The molecule has 3 heteroatoms. The molecule has 0 radical (unpaired) electrons. The third-order valence-electron chi connectivity index (χ3n) is 3.81. The summed E-state index contributed by atoms with van der Waals surface area (Å²) in [6.45, 7) is 4.04. The highest BCUT2D eigenvalue weighted by atomic mass is 16.2. The van der Waals surface area contributed by atoms with Crippen molar-refractivity contribution in [3.63, 3.8) is 0 Å². The molecule has 3 nitrogen and oxygen atoms in total. The number of nitrogens with one attached hydrogen (secondary N) is 2. The molecule has 1 atom stereocenters. The second kappa shape index (κ2) is 3.89. The molecule has 0 spiro atoms. The molecule has 1 unspecified atom stereocenters. The third-order valence-corrected chi connectivity index (χ3v) is 3.81. The zero-order valence-corrected chi connectivity index (χ0v) is 8.94. The zero-order valence-electron chi connectivity index (χ0n) is 8.94. The molecule has 2 fully saturated rings. The highest BCUT2D eigenvalue weighted by molar-refractivity contribution is 5.80. The molecule has 14 heavy (non-hydrogen) atoms. The van der Waals surface area contributed by atoms with Crippen LogP contribution in [0.4, 0.5) is 0 Å². The van der Waals surface area contributed by atoms with Crippen LogP contribution >= 0.6 is 0 Å². The Balaban J connectivity index is 1.86. The van der Waals surface area contributed by atoms with Gasteiger partial charge in [-0.3, -0.25) is 4.79 Å². The van der Waals surface area contributed by atoms with Crippen molar-refractivity contribution in [2.45, 2.75) is 44.6 Å². The van der Waals surface area contributed by atoms with Crippen LogP contribution in [0.1, 0.15) is 39.0 Å². The summed E-state index contributed by atoms with van der Waals surface area (Å²) in [6, 6.07) is 0. The second-order valence-corrected chi connectivity index (χ2v) is 4.67. The fraction of sp³-hybridized carbons (Fsp3) is 0.909. The van der Waals surface area contributed by atoms with Crippen LogP contribution in [0.25, 0.3) is 0 Å². The van der Waals surface area contributed by atoms with Gasteiger partial charge < -0.3 is 10.6 Å². The van der Waals surface area contributed by atoms with E-state index in [-0.39, 0.29) is 17.4 Å². The lowest BCUT2D eigenvalue weighted by molar-refractivity contribution is -0.127. The van der Waals surface area contributed by atoms with Gasteiger partial charge >= 0.3 is 0 Å². The van der Waals surface area contributed by atoms with Crippen LogP contribution in [0.2, 0.25) is 0 Å². The van der Waals surface area contributed by atoms with Gasteiger partial charge in [-0.25, -0.2) is 0 Å². The van der Waals surface area contributed by atoms with Crippen molar-refractivity contribution in [3.8, 4) is 0 Å². The van der Waals surface area contributed by atoms with E-state index in [1.807, 2.05) is 0 Å². The Labute approximate surface area is 85.6 Å². The minimum atomic E-state index is 0.166. The molecule has 0 bridgehead atoms. The predicted molar refractivity (Wildman–Crippen MR) is 56.0 cm³/mol. The summed E-state index contributed by atoms with van der Waals surface area (Å²) in [5.74, 6) is 0.496. The van der Waals surface area contributed by atoms with Crippen molar-refractivity contribution in [3.05, 3.63) is 0 Å². The molecule has 1 saturated heterocycles. The van der Waals surface area contributed by atoms with Crippen LogP contribution in [0.3, 0.4) is 0 Å². The molecule has 0 aromatic rings. The van der Waals surface area contributed by atoms with Gasteiger partial charge in [-0.1, -0.05) is 6.92 Å². The minimum absolute atomic E-state index is 0.166.